The second-order valence-corrected chi connectivity index (χ2v) is 2.40. The van der Waals surface area contributed by atoms with Gasteiger partial charge >= 0.3 is 0 Å². The first-order valence-electron chi connectivity index (χ1n) is 3.49. The Balaban J connectivity index is 0. The topological polar surface area (TPSA) is 69.1 Å². The zero-order chi connectivity index (χ0) is 8.57. The molecular weight excluding hydrogens is 128 g/mol. The molecule has 0 aromatic carbocycles. The molecule has 0 rings (SSSR count). The van der Waals surface area contributed by atoms with Gasteiger partial charge in [-0.1, -0.05) is 13.8 Å². The Morgan fingerprint density at radius 3 is 1.90 bits per heavy atom. The Morgan fingerprint density at radius 2 is 1.80 bits per heavy atom. The molecule has 0 aliphatic carbocycles. The Hall–Kier alpha value is -0.570. The summed E-state index contributed by atoms with van der Waals surface area (Å²) in [5.74, 6) is 0.390. The number of hydrogen-bond acceptors (Lipinski definition) is 2. The summed E-state index contributed by atoms with van der Waals surface area (Å²) in [6.45, 7) is 4.14. The standard InChI is InChI=1S/C6H13NO.CH5N/c1-5(2)3-4-6(7)8;1-2/h5H,3-4H2,1-2H3,(H2,7,8);2H2,1H3. The second kappa shape index (κ2) is 8.43. The van der Waals surface area contributed by atoms with Crippen LogP contribution in [0.2, 0.25) is 0 Å². The first-order valence-corrected chi connectivity index (χ1v) is 3.49. The van der Waals surface area contributed by atoms with Crippen molar-refractivity contribution in [3.8, 4) is 0 Å². The van der Waals surface area contributed by atoms with E-state index in [4.69, 9.17) is 5.73 Å². The Morgan fingerprint density at radius 1 is 1.40 bits per heavy atom. The third-order valence-corrected chi connectivity index (χ3v) is 0.968. The first-order chi connectivity index (χ1) is 4.63. The molecule has 3 heteroatoms. The van der Waals surface area contributed by atoms with Crippen molar-refractivity contribution in [2.24, 2.45) is 17.4 Å². The molecule has 0 radical (unpaired) electrons. The first kappa shape index (κ1) is 12.1. The third-order valence-electron chi connectivity index (χ3n) is 0.968. The quantitative estimate of drug-likeness (QED) is 0.608. The monoisotopic (exact) mass is 146 g/mol. The smallest absolute Gasteiger partial charge is 0.217 e. The SMILES string of the molecule is CC(C)CCC(N)=O.CN. The van der Waals surface area contributed by atoms with Gasteiger partial charge in [-0.15, -0.1) is 0 Å². The average Bonchev–Trinajstić information content (AvgIpc) is 1.89. The van der Waals surface area contributed by atoms with E-state index in [0.29, 0.717) is 12.3 Å². The summed E-state index contributed by atoms with van der Waals surface area (Å²) in [6, 6.07) is 0. The van der Waals surface area contributed by atoms with Gasteiger partial charge in [0.1, 0.15) is 0 Å². The molecule has 0 aliphatic heterocycles. The van der Waals surface area contributed by atoms with Crippen molar-refractivity contribution < 1.29 is 4.79 Å². The van der Waals surface area contributed by atoms with Crippen LogP contribution in [-0.2, 0) is 4.79 Å². The van der Waals surface area contributed by atoms with Crippen molar-refractivity contribution in [2.75, 3.05) is 7.05 Å². The number of rotatable bonds is 3. The molecule has 0 unspecified atom stereocenters. The molecule has 4 N–H and O–H groups in total. The molecule has 1 amide bonds. The lowest BCUT2D eigenvalue weighted by Crippen LogP contribution is -2.10. The van der Waals surface area contributed by atoms with E-state index in [1.807, 2.05) is 0 Å². The van der Waals surface area contributed by atoms with Crippen molar-refractivity contribution >= 4 is 5.91 Å². The van der Waals surface area contributed by atoms with Crippen LogP contribution in [0.25, 0.3) is 0 Å². The minimum Gasteiger partial charge on any atom is -0.370 e. The normalized spacial score (nSPS) is 8.50. The lowest BCUT2D eigenvalue weighted by molar-refractivity contribution is -0.118. The largest absolute Gasteiger partial charge is 0.370 e. The van der Waals surface area contributed by atoms with Crippen LogP contribution < -0.4 is 11.5 Å². The van der Waals surface area contributed by atoms with Crippen LogP contribution in [0.5, 0.6) is 0 Å². The van der Waals surface area contributed by atoms with Crippen molar-refractivity contribution in [1.82, 2.24) is 0 Å². The predicted octanol–water partition coefficient (Wildman–Crippen LogP) is 0.483. The summed E-state index contributed by atoms with van der Waals surface area (Å²) < 4.78 is 0. The Labute approximate surface area is 62.8 Å². The molecule has 62 valence electrons. The summed E-state index contributed by atoms with van der Waals surface area (Å²) in [6.07, 6.45) is 1.44. The van der Waals surface area contributed by atoms with E-state index in [-0.39, 0.29) is 5.91 Å². The molecule has 0 aromatic rings. The molecule has 0 bridgehead atoms. The van der Waals surface area contributed by atoms with Gasteiger partial charge in [0.2, 0.25) is 5.91 Å². The van der Waals surface area contributed by atoms with Crippen molar-refractivity contribution in [2.45, 2.75) is 26.7 Å². The van der Waals surface area contributed by atoms with Crippen molar-refractivity contribution in [3.63, 3.8) is 0 Å². The maximum atomic E-state index is 10.1. The van der Waals surface area contributed by atoms with Crippen LogP contribution >= 0.6 is 0 Å². The predicted molar refractivity (Wildman–Crippen MR) is 43.4 cm³/mol. The van der Waals surface area contributed by atoms with E-state index in [2.05, 4.69) is 19.6 Å². The summed E-state index contributed by atoms with van der Waals surface area (Å²) in [4.78, 5) is 10.1. The van der Waals surface area contributed by atoms with E-state index in [1.54, 1.807) is 0 Å². The number of amides is 1. The average molecular weight is 146 g/mol. The minimum absolute atomic E-state index is 0.196. The van der Waals surface area contributed by atoms with E-state index in [9.17, 15) is 4.79 Å². The molecule has 0 saturated carbocycles. The number of nitrogens with two attached hydrogens (primary N) is 2. The lowest BCUT2D eigenvalue weighted by atomic mass is 10.1. The van der Waals surface area contributed by atoms with Gasteiger partial charge in [-0.05, 0) is 19.4 Å². The highest BCUT2D eigenvalue weighted by molar-refractivity contribution is 5.73. The van der Waals surface area contributed by atoms with E-state index in [1.165, 1.54) is 7.05 Å². The summed E-state index contributed by atoms with van der Waals surface area (Å²) in [5.41, 5.74) is 9.40. The van der Waals surface area contributed by atoms with E-state index < -0.39 is 0 Å². The van der Waals surface area contributed by atoms with Crippen LogP contribution in [0.3, 0.4) is 0 Å². The maximum absolute atomic E-state index is 10.1. The van der Waals surface area contributed by atoms with Gasteiger partial charge in [0.05, 0.1) is 0 Å². The van der Waals surface area contributed by atoms with Gasteiger partial charge < -0.3 is 11.5 Å². The highest BCUT2D eigenvalue weighted by Crippen LogP contribution is 2.01. The fourth-order valence-corrected chi connectivity index (χ4v) is 0.431. The van der Waals surface area contributed by atoms with E-state index >= 15 is 0 Å². The molecule has 0 heterocycles. The zero-order valence-corrected chi connectivity index (χ0v) is 7.05. The van der Waals surface area contributed by atoms with Crippen LogP contribution in [0.15, 0.2) is 0 Å². The fourth-order valence-electron chi connectivity index (χ4n) is 0.431. The molecule has 0 aromatic heterocycles. The molecule has 0 atom stereocenters. The molecule has 0 spiro atoms. The number of carbonyl (C=O) groups is 1. The summed E-state index contributed by atoms with van der Waals surface area (Å²) in [5, 5.41) is 0. The number of hydrogen-bond donors (Lipinski definition) is 2. The zero-order valence-electron chi connectivity index (χ0n) is 7.05. The fraction of sp³-hybridized carbons (Fsp3) is 0.857. The van der Waals surface area contributed by atoms with Crippen LogP contribution in [-0.4, -0.2) is 13.0 Å². The van der Waals surface area contributed by atoms with Gasteiger partial charge in [0.25, 0.3) is 0 Å². The van der Waals surface area contributed by atoms with Crippen molar-refractivity contribution in [1.29, 1.82) is 0 Å². The summed E-state index contributed by atoms with van der Waals surface area (Å²) >= 11 is 0. The Bertz CT molecular complexity index is 81.7. The minimum atomic E-state index is -0.196. The van der Waals surface area contributed by atoms with Gasteiger partial charge in [-0.3, -0.25) is 4.79 Å². The molecule has 0 aliphatic rings. The van der Waals surface area contributed by atoms with Crippen LogP contribution in [0.4, 0.5) is 0 Å². The van der Waals surface area contributed by atoms with E-state index in [0.717, 1.165) is 6.42 Å². The summed E-state index contributed by atoms with van der Waals surface area (Å²) in [7, 11) is 1.50. The number of carbonyl (C=O) groups excluding carboxylic acids is 1. The third kappa shape index (κ3) is 15.7. The Kier molecular flexibility index (Phi) is 10.2. The van der Waals surface area contributed by atoms with Crippen LogP contribution in [0.1, 0.15) is 26.7 Å². The second-order valence-electron chi connectivity index (χ2n) is 2.40. The maximum Gasteiger partial charge on any atom is 0.217 e. The number of primary amides is 1. The van der Waals surface area contributed by atoms with Gasteiger partial charge in [0.15, 0.2) is 0 Å². The van der Waals surface area contributed by atoms with Gasteiger partial charge in [0, 0.05) is 6.42 Å². The molecule has 10 heavy (non-hydrogen) atoms. The highest BCUT2D eigenvalue weighted by Gasteiger charge is 1.96. The van der Waals surface area contributed by atoms with Crippen molar-refractivity contribution in [3.05, 3.63) is 0 Å². The molecule has 3 nitrogen and oxygen atoms in total. The molecular formula is C7H18N2O. The highest BCUT2D eigenvalue weighted by atomic mass is 16.1. The van der Waals surface area contributed by atoms with Gasteiger partial charge in [-0.25, -0.2) is 0 Å². The molecule has 0 fully saturated rings. The van der Waals surface area contributed by atoms with Gasteiger partial charge in [-0.2, -0.15) is 0 Å². The van der Waals surface area contributed by atoms with Crippen LogP contribution in [0, 0.1) is 5.92 Å². The lowest BCUT2D eigenvalue weighted by Gasteiger charge is -1.98. The molecule has 0 saturated heterocycles.